The van der Waals surface area contributed by atoms with E-state index in [0.29, 0.717) is 11.5 Å². The zero-order valence-electron chi connectivity index (χ0n) is 20.2. The Labute approximate surface area is 201 Å². The SMILES string of the molecule is CN(C)C(=O)c1cccc(-c2ccc3c(c2)[C@H]2[C@H](CCN2C(=O)C2CCCCC2)[C@H](CO)N3)c1. The van der Waals surface area contributed by atoms with Gasteiger partial charge < -0.3 is 20.2 Å². The second-order valence-electron chi connectivity index (χ2n) is 10.3. The van der Waals surface area contributed by atoms with Crippen molar-refractivity contribution in [2.45, 2.75) is 50.6 Å². The van der Waals surface area contributed by atoms with Gasteiger partial charge in [-0.1, -0.05) is 37.5 Å². The number of anilines is 1. The van der Waals surface area contributed by atoms with Gasteiger partial charge in [0.2, 0.25) is 5.91 Å². The molecule has 2 N–H and O–H groups in total. The van der Waals surface area contributed by atoms with Crippen molar-refractivity contribution in [1.29, 1.82) is 0 Å². The van der Waals surface area contributed by atoms with Crippen molar-refractivity contribution in [3.63, 3.8) is 0 Å². The molecule has 2 aliphatic heterocycles. The van der Waals surface area contributed by atoms with Gasteiger partial charge in [0, 0.05) is 43.7 Å². The zero-order chi connectivity index (χ0) is 23.8. The average Bonchev–Trinajstić information content (AvgIpc) is 3.33. The largest absolute Gasteiger partial charge is 0.394 e. The molecule has 6 heteroatoms. The molecule has 6 nitrogen and oxygen atoms in total. The minimum absolute atomic E-state index is 0.0191. The molecule has 2 aromatic carbocycles. The molecule has 2 aromatic rings. The van der Waals surface area contributed by atoms with Crippen LogP contribution in [0.5, 0.6) is 0 Å². The van der Waals surface area contributed by atoms with E-state index in [-0.39, 0.29) is 36.4 Å². The molecule has 0 radical (unpaired) electrons. The van der Waals surface area contributed by atoms with Gasteiger partial charge in [-0.2, -0.15) is 0 Å². The minimum Gasteiger partial charge on any atom is -0.394 e. The van der Waals surface area contributed by atoms with Crippen LogP contribution in [0.1, 0.15) is 60.5 Å². The highest BCUT2D eigenvalue weighted by Gasteiger charge is 2.46. The number of likely N-dealkylation sites (tertiary alicyclic amines) is 1. The van der Waals surface area contributed by atoms with Gasteiger partial charge in [0.25, 0.3) is 5.91 Å². The molecular formula is C28H35N3O3. The van der Waals surface area contributed by atoms with Crippen LogP contribution in [0, 0.1) is 11.8 Å². The lowest BCUT2D eigenvalue weighted by molar-refractivity contribution is -0.138. The lowest BCUT2D eigenvalue weighted by Gasteiger charge is -2.40. The Morgan fingerprint density at radius 2 is 1.79 bits per heavy atom. The Kier molecular flexibility index (Phi) is 6.34. The molecule has 1 aliphatic carbocycles. The fraction of sp³-hybridized carbons (Fsp3) is 0.500. The Balaban J connectivity index is 1.51. The van der Waals surface area contributed by atoms with Gasteiger partial charge in [0.1, 0.15) is 0 Å². The van der Waals surface area contributed by atoms with E-state index < -0.39 is 0 Å². The van der Waals surface area contributed by atoms with Crippen LogP contribution in [0.25, 0.3) is 11.1 Å². The molecular weight excluding hydrogens is 426 g/mol. The second kappa shape index (κ2) is 9.41. The molecule has 3 atom stereocenters. The van der Waals surface area contributed by atoms with Crippen molar-refractivity contribution in [3.8, 4) is 11.1 Å². The molecule has 180 valence electrons. The number of benzene rings is 2. The predicted octanol–water partition coefficient (Wildman–Crippen LogP) is 4.31. The van der Waals surface area contributed by atoms with Crippen molar-refractivity contribution >= 4 is 17.5 Å². The summed E-state index contributed by atoms with van der Waals surface area (Å²) in [6.07, 6.45) is 6.40. The second-order valence-corrected chi connectivity index (χ2v) is 10.3. The normalized spacial score (nSPS) is 24.2. The molecule has 5 rings (SSSR count). The summed E-state index contributed by atoms with van der Waals surface area (Å²) in [5, 5.41) is 13.6. The standard InChI is InChI=1S/C28H35N3O3/c1-30(2)27(33)21-10-6-9-19(15-21)20-11-12-24-23(16-20)26-22(25(17-32)29-24)13-14-31(26)28(34)18-7-4-3-5-8-18/h6,9-12,15-16,18,22,25-26,29,32H,3-5,7-8,13-14,17H2,1-2H3/t22-,25+,26-/m1/s1. The molecule has 0 aromatic heterocycles. The molecule has 0 spiro atoms. The Bertz CT molecular complexity index is 1080. The van der Waals surface area contributed by atoms with E-state index >= 15 is 0 Å². The van der Waals surface area contributed by atoms with Crippen molar-refractivity contribution < 1.29 is 14.7 Å². The monoisotopic (exact) mass is 461 g/mol. The van der Waals surface area contributed by atoms with Crippen LogP contribution in [-0.2, 0) is 4.79 Å². The van der Waals surface area contributed by atoms with Gasteiger partial charge in [0.05, 0.1) is 18.7 Å². The average molecular weight is 462 g/mol. The molecule has 2 heterocycles. The summed E-state index contributed by atoms with van der Waals surface area (Å²) in [7, 11) is 3.52. The minimum atomic E-state index is -0.0476. The van der Waals surface area contributed by atoms with Crippen LogP contribution in [0.4, 0.5) is 5.69 Å². The molecule has 0 unspecified atom stereocenters. The molecule has 2 amide bonds. The van der Waals surface area contributed by atoms with Crippen LogP contribution in [0.2, 0.25) is 0 Å². The number of nitrogens with one attached hydrogen (secondary N) is 1. The number of carbonyl (C=O) groups is 2. The number of carbonyl (C=O) groups excluding carboxylic acids is 2. The van der Waals surface area contributed by atoms with Crippen molar-refractivity contribution in [2.75, 3.05) is 32.6 Å². The van der Waals surface area contributed by atoms with E-state index in [2.05, 4.69) is 28.4 Å². The van der Waals surface area contributed by atoms with E-state index in [4.69, 9.17) is 0 Å². The van der Waals surface area contributed by atoms with E-state index in [9.17, 15) is 14.7 Å². The predicted molar refractivity (Wildman–Crippen MR) is 134 cm³/mol. The molecule has 1 saturated heterocycles. The number of hydrogen-bond donors (Lipinski definition) is 2. The number of fused-ring (bicyclic) bond motifs is 3. The third-order valence-electron chi connectivity index (χ3n) is 7.96. The summed E-state index contributed by atoms with van der Waals surface area (Å²) < 4.78 is 0. The lowest BCUT2D eigenvalue weighted by atomic mass is 9.81. The van der Waals surface area contributed by atoms with Gasteiger partial charge in [-0.3, -0.25) is 9.59 Å². The first-order chi connectivity index (χ1) is 16.5. The highest BCUT2D eigenvalue weighted by molar-refractivity contribution is 5.95. The molecule has 34 heavy (non-hydrogen) atoms. The highest BCUT2D eigenvalue weighted by atomic mass is 16.3. The van der Waals surface area contributed by atoms with E-state index in [1.807, 2.05) is 24.3 Å². The Hall–Kier alpha value is -2.86. The topological polar surface area (TPSA) is 72.9 Å². The Morgan fingerprint density at radius 3 is 2.53 bits per heavy atom. The van der Waals surface area contributed by atoms with Crippen molar-refractivity contribution in [2.24, 2.45) is 11.8 Å². The summed E-state index contributed by atoms with van der Waals surface area (Å²) >= 11 is 0. The quantitative estimate of drug-likeness (QED) is 0.712. The maximum absolute atomic E-state index is 13.6. The van der Waals surface area contributed by atoms with E-state index in [1.165, 1.54) is 6.42 Å². The maximum Gasteiger partial charge on any atom is 0.253 e. The maximum atomic E-state index is 13.6. The highest BCUT2D eigenvalue weighted by Crippen LogP contribution is 2.48. The number of hydrogen-bond acceptors (Lipinski definition) is 4. The van der Waals surface area contributed by atoms with Gasteiger partial charge in [-0.05, 0) is 60.2 Å². The van der Waals surface area contributed by atoms with Gasteiger partial charge in [-0.25, -0.2) is 0 Å². The molecule has 3 aliphatic rings. The van der Waals surface area contributed by atoms with Crippen LogP contribution >= 0.6 is 0 Å². The fourth-order valence-corrected chi connectivity index (χ4v) is 6.16. The smallest absolute Gasteiger partial charge is 0.253 e. The summed E-state index contributed by atoms with van der Waals surface area (Å²) in [5.41, 5.74) is 4.80. The van der Waals surface area contributed by atoms with Gasteiger partial charge in [0.15, 0.2) is 0 Å². The number of aliphatic hydroxyl groups excluding tert-OH is 1. The summed E-state index contributed by atoms with van der Waals surface area (Å²) in [5.74, 6) is 0.602. The van der Waals surface area contributed by atoms with Crippen LogP contribution < -0.4 is 5.32 Å². The van der Waals surface area contributed by atoms with Crippen molar-refractivity contribution in [3.05, 3.63) is 53.6 Å². The Morgan fingerprint density at radius 1 is 1.03 bits per heavy atom. The first-order valence-electron chi connectivity index (χ1n) is 12.6. The lowest BCUT2D eigenvalue weighted by Crippen LogP contribution is -2.44. The number of rotatable bonds is 4. The first-order valence-corrected chi connectivity index (χ1v) is 12.6. The zero-order valence-corrected chi connectivity index (χ0v) is 20.2. The summed E-state index contributed by atoms with van der Waals surface area (Å²) in [4.78, 5) is 29.8. The van der Waals surface area contributed by atoms with Crippen LogP contribution in [0.15, 0.2) is 42.5 Å². The summed E-state index contributed by atoms with van der Waals surface area (Å²) in [6.45, 7) is 0.807. The number of aliphatic hydroxyl groups is 1. The number of amides is 2. The van der Waals surface area contributed by atoms with E-state index in [0.717, 1.165) is 61.0 Å². The molecule has 0 bridgehead atoms. The van der Waals surface area contributed by atoms with Crippen molar-refractivity contribution in [1.82, 2.24) is 9.80 Å². The molecule has 2 fully saturated rings. The van der Waals surface area contributed by atoms with Gasteiger partial charge >= 0.3 is 0 Å². The van der Waals surface area contributed by atoms with E-state index in [1.54, 1.807) is 19.0 Å². The fourth-order valence-electron chi connectivity index (χ4n) is 6.16. The first kappa shape index (κ1) is 22.9. The summed E-state index contributed by atoms with van der Waals surface area (Å²) in [6, 6.07) is 14.0. The number of nitrogens with zero attached hydrogens (tertiary/aromatic N) is 2. The van der Waals surface area contributed by atoms with Crippen LogP contribution in [-0.4, -0.2) is 60.0 Å². The van der Waals surface area contributed by atoms with Gasteiger partial charge in [-0.15, -0.1) is 0 Å². The third-order valence-corrected chi connectivity index (χ3v) is 7.96. The third kappa shape index (κ3) is 4.09. The van der Waals surface area contributed by atoms with Crippen LogP contribution in [0.3, 0.4) is 0 Å². The molecule has 1 saturated carbocycles.